The maximum atomic E-state index is 12.0. The SMILES string of the molecule is Cc1csc(NC(=O)c2cnc([C@@H]3CCCN3)cn2)n1. The first-order valence-electron chi connectivity index (χ1n) is 6.51. The second-order valence-corrected chi connectivity index (χ2v) is 5.58. The summed E-state index contributed by atoms with van der Waals surface area (Å²) in [6, 6.07) is 0.265. The molecule has 0 saturated carbocycles. The lowest BCUT2D eigenvalue weighted by Gasteiger charge is -2.09. The Hall–Kier alpha value is -1.86. The van der Waals surface area contributed by atoms with Crippen molar-refractivity contribution in [1.82, 2.24) is 20.3 Å². The number of hydrogen-bond donors (Lipinski definition) is 2. The van der Waals surface area contributed by atoms with Gasteiger partial charge in [-0.2, -0.15) is 0 Å². The van der Waals surface area contributed by atoms with Gasteiger partial charge in [-0.3, -0.25) is 15.1 Å². The molecule has 1 atom stereocenters. The van der Waals surface area contributed by atoms with E-state index in [0.29, 0.717) is 10.8 Å². The van der Waals surface area contributed by atoms with Gasteiger partial charge in [-0.15, -0.1) is 11.3 Å². The molecule has 20 heavy (non-hydrogen) atoms. The minimum absolute atomic E-state index is 0.265. The van der Waals surface area contributed by atoms with Gasteiger partial charge in [0.15, 0.2) is 5.13 Å². The van der Waals surface area contributed by atoms with E-state index < -0.39 is 0 Å². The lowest BCUT2D eigenvalue weighted by molar-refractivity contribution is 0.102. The molecule has 2 aromatic rings. The number of nitrogens with one attached hydrogen (secondary N) is 2. The fourth-order valence-electron chi connectivity index (χ4n) is 2.14. The highest BCUT2D eigenvalue weighted by atomic mass is 32.1. The highest BCUT2D eigenvalue weighted by Gasteiger charge is 2.18. The first-order valence-corrected chi connectivity index (χ1v) is 7.39. The monoisotopic (exact) mass is 289 g/mol. The van der Waals surface area contributed by atoms with Crippen LogP contribution in [0.25, 0.3) is 0 Å². The first kappa shape index (κ1) is 13.1. The molecule has 0 radical (unpaired) electrons. The Morgan fingerprint density at radius 2 is 2.35 bits per heavy atom. The van der Waals surface area contributed by atoms with Gasteiger partial charge < -0.3 is 5.32 Å². The summed E-state index contributed by atoms with van der Waals surface area (Å²) < 4.78 is 0. The Kier molecular flexibility index (Phi) is 3.70. The summed E-state index contributed by atoms with van der Waals surface area (Å²) >= 11 is 1.39. The topological polar surface area (TPSA) is 79.8 Å². The second kappa shape index (κ2) is 5.64. The highest BCUT2D eigenvalue weighted by molar-refractivity contribution is 7.13. The smallest absolute Gasteiger partial charge is 0.277 e. The fraction of sp³-hybridized carbons (Fsp3) is 0.385. The van der Waals surface area contributed by atoms with Crippen LogP contribution in [0, 0.1) is 6.92 Å². The van der Waals surface area contributed by atoms with Gasteiger partial charge in [-0.05, 0) is 26.3 Å². The molecule has 2 aromatic heterocycles. The van der Waals surface area contributed by atoms with Crippen LogP contribution in [0.2, 0.25) is 0 Å². The number of carbonyl (C=O) groups excluding carboxylic acids is 1. The molecule has 7 heteroatoms. The average Bonchev–Trinajstić information content (AvgIpc) is 3.11. The lowest BCUT2D eigenvalue weighted by atomic mass is 10.2. The number of amides is 1. The van der Waals surface area contributed by atoms with Crippen molar-refractivity contribution in [3.8, 4) is 0 Å². The fourth-order valence-corrected chi connectivity index (χ4v) is 2.83. The number of aryl methyl sites for hydroxylation is 1. The molecule has 0 bridgehead atoms. The van der Waals surface area contributed by atoms with Gasteiger partial charge in [-0.1, -0.05) is 0 Å². The molecular formula is C13H15N5OS. The van der Waals surface area contributed by atoms with Crippen LogP contribution in [0.5, 0.6) is 0 Å². The summed E-state index contributed by atoms with van der Waals surface area (Å²) in [4.78, 5) is 24.7. The molecule has 1 aliphatic heterocycles. The van der Waals surface area contributed by atoms with E-state index in [2.05, 4.69) is 25.6 Å². The lowest BCUT2D eigenvalue weighted by Crippen LogP contribution is -2.17. The Bertz CT molecular complexity index is 603. The number of thiazole rings is 1. The number of aromatic nitrogens is 3. The Labute approximate surface area is 120 Å². The maximum Gasteiger partial charge on any atom is 0.277 e. The van der Waals surface area contributed by atoms with E-state index in [1.807, 2.05) is 12.3 Å². The van der Waals surface area contributed by atoms with Crippen molar-refractivity contribution in [3.05, 3.63) is 34.9 Å². The van der Waals surface area contributed by atoms with E-state index in [0.717, 1.165) is 30.8 Å². The molecule has 1 amide bonds. The molecular weight excluding hydrogens is 274 g/mol. The van der Waals surface area contributed by atoms with Gasteiger partial charge in [0, 0.05) is 5.38 Å². The van der Waals surface area contributed by atoms with Crippen LogP contribution in [0.3, 0.4) is 0 Å². The zero-order chi connectivity index (χ0) is 13.9. The van der Waals surface area contributed by atoms with Crippen molar-refractivity contribution in [3.63, 3.8) is 0 Å². The van der Waals surface area contributed by atoms with Crippen LogP contribution in [0.1, 0.15) is 40.8 Å². The van der Waals surface area contributed by atoms with Gasteiger partial charge in [0.05, 0.1) is 29.8 Å². The summed E-state index contributed by atoms with van der Waals surface area (Å²) in [5.74, 6) is -0.280. The number of anilines is 1. The van der Waals surface area contributed by atoms with E-state index in [1.54, 1.807) is 6.20 Å². The molecule has 3 rings (SSSR count). The molecule has 0 aromatic carbocycles. The normalized spacial score (nSPS) is 18.1. The van der Waals surface area contributed by atoms with Crippen LogP contribution in [0.4, 0.5) is 5.13 Å². The van der Waals surface area contributed by atoms with Crippen molar-refractivity contribution < 1.29 is 4.79 Å². The van der Waals surface area contributed by atoms with Crippen LogP contribution in [-0.4, -0.2) is 27.4 Å². The minimum atomic E-state index is -0.280. The molecule has 104 valence electrons. The van der Waals surface area contributed by atoms with E-state index in [-0.39, 0.29) is 11.9 Å². The Balaban J connectivity index is 1.68. The molecule has 3 heterocycles. The van der Waals surface area contributed by atoms with Crippen LogP contribution in [0.15, 0.2) is 17.8 Å². The van der Waals surface area contributed by atoms with Crippen molar-refractivity contribution in [2.75, 3.05) is 11.9 Å². The molecule has 0 spiro atoms. The van der Waals surface area contributed by atoms with Gasteiger partial charge in [0.2, 0.25) is 0 Å². The quantitative estimate of drug-likeness (QED) is 0.902. The molecule has 0 unspecified atom stereocenters. The molecule has 0 aliphatic carbocycles. The molecule has 6 nitrogen and oxygen atoms in total. The van der Waals surface area contributed by atoms with Gasteiger partial charge in [0.1, 0.15) is 5.69 Å². The summed E-state index contributed by atoms with van der Waals surface area (Å²) in [6.45, 7) is 2.90. The Morgan fingerprint density at radius 3 is 2.95 bits per heavy atom. The van der Waals surface area contributed by atoms with Crippen molar-refractivity contribution >= 4 is 22.4 Å². The van der Waals surface area contributed by atoms with Crippen molar-refractivity contribution in [2.24, 2.45) is 0 Å². The zero-order valence-corrected chi connectivity index (χ0v) is 11.9. The summed E-state index contributed by atoms with van der Waals surface area (Å²) in [5, 5.41) is 8.54. The van der Waals surface area contributed by atoms with E-state index in [4.69, 9.17) is 0 Å². The summed E-state index contributed by atoms with van der Waals surface area (Å²) in [6.07, 6.45) is 5.41. The minimum Gasteiger partial charge on any atom is -0.309 e. The van der Waals surface area contributed by atoms with Crippen LogP contribution >= 0.6 is 11.3 Å². The molecule has 1 aliphatic rings. The zero-order valence-electron chi connectivity index (χ0n) is 11.1. The predicted molar refractivity (Wildman–Crippen MR) is 76.8 cm³/mol. The largest absolute Gasteiger partial charge is 0.309 e. The Morgan fingerprint density at radius 1 is 1.45 bits per heavy atom. The maximum absolute atomic E-state index is 12.0. The molecule has 1 fully saturated rings. The van der Waals surface area contributed by atoms with Crippen LogP contribution in [-0.2, 0) is 0 Å². The second-order valence-electron chi connectivity index (χ2n) is 4.72. The van der Waals surface area contributed by atoms with Gasteiger partial charge in [-0.25, -0.2) is 9.97 Å². The molecule has 1 saturated heterocycles. The third-order valence-corrected chi connectivity index (χ3v) is 4.04. The molecule has 2 N–H and O–H groups in total. The number of rotatable bonds is 3. The van der Waals surface area contributed by atoms with E-state index in [9.17, 15) is 4.79 Å². The van der Waals surface area contributed by atoms with Crippen molar-refractivity contribution in [1.29, 1.82) is 0 Å². The van der Waals surface area contributed by atoms with Crippen molar-refractivity contribution in [2.45, 2.75) is 25.8 Å². The number of carbonyl (C=O) groups is 1. The van der Waals surface area contributed by atoms with E-state index in [1.165, 1.54) is 17.5 Å². The summed E-state index contributed by atoms with van der Waals surface area (Å²) in [5.41, 5.74) is 2.09. The third kappa shape index (κ3) is 2.83. The van der Waals surface area contributed by atoms with E-state index >= 15 is 0 Å². The third-order valence-electron chi connectivity index (χ3n) is 3.16. The van der Waals surface area contributed by atoms with Gasteiger partial charge in [0.25, 0.3) is 5.91 Å². The highest BCUT2D eigenvalue weighted by Crippen LogP contribution is 2.20. The average molecular weight is 289 g/mol. The standard InChI is InChI=1S/C13H15N5OS/c1-8-7-20-13(17-8)18-12(19)11-6-15-10(5-16-11)9-3-2-4-14-9/h5-7,9,14H,2-4H2,1H3,(H,17,18,19)/t9-/m0/s1. The summed E-state index contributed by atoms with van der Waals surface area (Å²) in [7, 11) is 0. The van der Waals surface area contributed by atoms with Crippen LogP contribution < -0.4 is 10.6 Å². The predicted octanol–water partition coefficient (Wildman–Crippen LogP) is 1.92. The number of nitrogens with zero attached hydrogens (tertiary/aromatic N) is 3. The first-order chi connectivity index (χ1) is 9.72. The number of hydrogen-bond acceptors (Lipinski definition) is 6. The van der Waals surface area contributed by atoms with Gasteiger partial charge >= 0.3 is 0 Å².